The smallest absolute Gasteiger partial charge is 0.337 e. The summed E-state index contributed by atoms with van der Waals surface area (Å²) in [6.07, 6.45) is 1.11. The third-order valence-electron chi connectivity index (χ3n) is 3.75. The molecule has 0 aliphatic rings. The van der Waals surface area contributed by atoms with Crippen LogP contribution in [0.15, 0.2) is 12.1 Å². The summed E-state index contributed by atoms with van der Waals surface area (Å²) in [4.78, 5) is 13.4. The molecule has 1 unspecified atom stereocenters. The molecular formula is C15H25N3O2. The lowest BCUT2D eigenvalue weighted by Crippen LogP contribution is -2.32. The van der Waals surface area contributed by atoms with Gasteiger partial charge in [0.1, 0.15) is 0 Å². The van der Waals surface area contributed by atoms with Gasteiger partial charge in [0, 0.05) is 30.5 Å². The molecule has 1 aromatic carbocycles. The molecule has 0 fully saturated rings. The topological polar surface area (TPSA) is 78.6 Å². The molecule has 112 valence electrons. The zero-order chi connectivity index (χ0) is 15.3. The molecule has 1 rings (SSSR count). The zero-order valence-corrected chi connectivity index (χ0v) is 12.7. The average molecular weight is 279 g/mol. The van der Waals surface area contributed by atoms with Crippen molar-refractivity contribution in [2.45, 2.75) is 33.2 Å². The van der Waals surface area contributed by atoms with Crippen LogP contribution in [0.1, 0.15) is 36.2 Å². The Balaban J connectivity index is 2.67. The maximum atomic E-state index is 11.1. The van der Waals surface area contributed by atoms with E-state index in [-0.39, 0.29) is 5.56 Å². The van der Waals surface area contributed by atoms with E-state index >= 15 is 0 Å². The average Bonchev–Trinajstić information content (AvgIpc) is 2.40. The van der Waals surface area contributed by atoms with Gasteiger partial charge in [-0.3, -0.25) is 0 Å². The number of nitrogens with two attached hydrogens (primary N) is 1. The summed E-state index contributed by atoms with van der Waals surface area (Å²) in [5, 5.41) is 12.4. The summed E-state index contributed by atoms with van der Waals surface area (Å²) in [7, 11) is 2.09. The first-order chi connectivity index (χ1) is 9.36. The third kappa shape index (κ3) is 4.13. The number of benzene rings is 1. The Bertz CT molecular complexity index is 474. The number of carboxylic acid groups (broad SMARTS) is 1. The van der Waals surface area contributed by atoms with Crippen molar-refractivity contribution >= 4 is 17.3 Å². The fraction of sp³-hybridized carbons (Fsp3) is 0.533. The number of carboxylic acids is 1. The summed E-state index contributed by atoms with van der Waals surface area (Å²) < 4.78 is 0. The first-order valence-electron chi connectivity index (χ1n) is 6.94. The Kier molecular flexibility index (Phi) is 5.82. The van der Waals surface area contributed by atoms with Crippen LogP contribution in [0.3, 0.4) is 0 Å². The number of nitrogens with zero attached hydrogens (tertiary/aromatic N) is 1. The predicted molar refractivity (Wildman–Crippen MR) is 83.4 cm³/mol. The Morgan fingerprint density at radius 2 is 2.15 bits per heavy atom. The molecule has 0 saturated heterocycles. The van der Waals surface area contributed by atoms with Crippen LogP contribution in [-0.4, -0.2) is 42.2 Å². The van der Waals surface area contributed by atoms with Gasteiger partial charge >= 0.3 is 5.97 Å². The SMILES string of the molecule is CCC(C)N(C)CCNc1cc(C)c(N)c(C(=O)O)c1. The van der Waals surface area contributed by atoms with Crippen molar-refractivity contribution in [2.75, 3.05) is 31.2 Å². The van der Waals surface area contributed by atoms with Gasteiger partial charge in [0.25, 0.3) is 0 Å². The van der Waals surface area contributed by atoms with E-state index in [2.05, 4.69) is 31.1 Å². The van der Waals surface area contributed by atoms with Crippen LogP contribution in [0.25, 0.3) is 0 Å². The number of carbonyl (C=O) groups is 1. The Morgan fingerprint density at radius 1 is 1.50 bits per heavy atom. The van der Waals surface area contributed by atoms with Crippen molar-refractivity contribution < 1.29 is 9.90 Å². The second kappa shape index (κ2) is 7.14. The van der Waals surface area contributed by atoms with Crippen molar-refractivity contribution in [3.8, 4) is 0 Å². The van der Waals surface area contributed by atoms with Crippen LogP contribution >= 0.6 is 0 Å². The van der Waals surface area contributed by atoms with E-state index in [0.29, 0.717) is 11.7 Å². The highest BCUT2D eigenvalue weighted by Gasteiger charge is 2.12. The van der Waals surface area contributed by atoms with E-state index in [1.165, 1.54) is 0 Å². The predicted octanol–water partition coefficient (Wildman–Crippen LogP) is 2.42. The maximum absolute atomic E-state index is 11.1. The summed E-state index contributed by atoms with van der Waals surface area (Å²) >= 11 is 0. The van der Waals surface area contributed by atoms with Gasteiger partial charge in [0.2, 0.25) is 0 Å². The van der Waals surface area contributed by atoms with Gasteiger partial charge < -0.3 is 21.1 Å². The quantitative estimate of drug-likeness (QED) is 0.668. The third-order valence-corrected chi connectivity index (χ3v) is 3.75. The molecule has 1 aromatic rings. The highest BCUT2D eigenvalue weighted by atomic mass is 16.4. The normalized spacial score (nSPS) is 12.4. The molecule has 0 spiro atoms. The molecule has 0 bridgehead atoms. The van der Waals surface area contributed by atoms with Gasteiger partial charge in [-0.2, -0.15) is 0 Å². The molecule has 0 aliphatic carbocycles. The molecule has 1 atom stereocenters. The van der Waals surface area contributed by atoms with E-state index in [1.807, 2.05) is 13.0 Å². The fourth-order valence-corrected chi connectivity index (χ4v) is 1.99. The van der Waals surface area contributed by atoms with Crippen molar-refractivity contribution in [3.63, 3.8) is 0 Å². The van der Waals surface area contributed by atoms with Crippen LogP contribution in [0, 0.1) is 6.92 Å². The minimum atomic E-state index is -0.994. The second-order valence-electron chi connectivity index (χ2n) is 5.22. The lowest BCUT2D eigenvalue weighted by Gasteiger charge is -2.23. The standard InChI is InChI=1S/C15H25N3O2/c1-5-11(3)18(4)7-6-17-12-8-10(2)14(16)13(9-12)15(19)20/h8-9,11,17H,5-7,16H2,1-4H3,(H,19,20). The minimum Gasteiger partial charge on any atom is -0.478 e. The lowest BCUT2D eigenvalue weighted by atomic mass is 10.1. The van der Waals surface area contributed by atoms with E-state index < -0.39 is 5.97 Å². The van der Waals surface area contributed by atoms with Crippen LogP contribution in [0.2, 0.25) is 0 Å². The Morgan fingerprint density at radius 3 is 2.70 bits per heavy atom. The first-order valence-corrected chi connectivity index (χ1v) is 6.94. The summed E-state index contributed by atoms with van der Waals surface area (Å²) in [6.45, 7) is 7.84. The molecule has 0 amide bonds. The number of aryl methyl sites for hydroxylation is 1. The lowest BCUT2D eigenvalue weighted by molar-refractivity contribution is 0.0698. The monoisotopic (exact) mass is 279 g/mol. The van der Waals surface area contributed by atoms with Gasteiger partial charge in [-0.25, -0.2) is 4.79 Å². The number of anilines is 2. The molecule has 0 aromatic heterocycles. The molecule has 0 radical (unpaired) electrons. The largest absolute Gasteiger partial charge is 0.478 e. The van der Waals surface area contributed by atoms with E-state index in [4.69, 9.17) is 10.8 Å². The molecule has 20 heavy (non-hydrogen) atoms. The zero-order valence-electron chi connectivity index (χ0n) is 12.7. The van der Waals surface area contributed by atoms with Crippen molar-refractivity contribution in [2.24, 2.45) is 0 Å². The van der Waals surface area contributed by atoms with E-state index in [1.54, 1.807) is 6.07 Å². The number of aromatic carboxylic acids is 1. The highest BCUT2D eigenvalue weighted by molar-refractivity contribution is 5.95. The van der Waals surface area contributed by atoms with Gasteiger partial charge in [-0.15, -0.1) is 0 Å². The number of hydrogen-bond donors (Lipinski definition) is 3. The maximum Gasteiger partial charge on any atom is 0.337 e. The van der Waals surface area contributed by atoms with Gasteiger partial charge in [-0.1, -0.05) is 6.92 Å². The molecule has 0 aliphatic heterocycles. The fourth-order valence-electron chi connectivity index (χ4n) is 1.99. The van der Waals surface area contributed by atoms with Gasteiger partial charge in [0.05, 0.1) is 5.56 Å². The highest BCUT2D eigenvalue weighted by Crippen LogP contribution is 2.22. The molecule has 5 heteroatoms. The van der Waals surface area contributed by atoms with E-state index in [0.717, 1.165) is 30.8 Å². The number of rotatable bonds is 7. The molecule has 4 N–H and O–H groups in total. The van der Waals surface area contributed by atoms with Crippen molar-refractivity contribution in [1.29, 1.82) is 0 Å². The molecule has 0 saturated carbocycles. The van der Waals surface area contributed by atoms with Crippen LogP contribution in [0.5, 0.6) is 0 Å². The van der Waals surface area contributed by atoms with Crippen molar-refractivity contribution in [3.05, 3.63) is 23.3 Å². The molecule has 5 nitrogen and oxygen atoms in total. The first kappa shape index (κ1) is 16.3. The van der Waals surface area contributed by atoms with Gasteiger partial charge in [-0.05, 0) is 45.0 Å². The number of hydrogen-bond acceptors (Lipinski definition) is 4. The van der Waals surface area contributed by atoms with E-state index in [9.17, 15) is 4.79 Å². The summed E-state index contributed by atoms with van der Waals surface area (Å²) in [6, 6.07) is 4.01. The van der Waals surface area contributed by atoms with Crippen LogP contribution in [0.4, 0.5) is 11.4 Å². The Hall–Kier alpha value is -1.75. The summed E-state index contributed by atoms with van der Waals surface area (Å²) in [5.41, 5.74) is 7.84. The van der Waals surface area contributed by atoms with Crippen LogP contribution in [-0.2, 0) is 0 Å². The van der Waals surface area contributed by atoms with Crippen LogP contribution < -0.4 is 11.1 Å². The van der Waals surface area contributed by atoms with Crippen molar-refractivity contribution in [1.82, 2.24) is 4.90 Å². The number of nitrogens with one attached hydrogen (secondary N) is 1. The summed E-state index contributed by atoms with van der Waals surface area (Å²) in [5.74, 6) is -0.994. The number of nitrogen functional groups attached to an aromatic ring is 1. The molecular weight excluding hydrogens is 254 g/mol. The number of likely N-dealkylation sites (N-methyl/N-ethyl adjacent to an activating group) is 1. The minimum absolute atomic E-state index is 0.155. The second-order valence-corrected chi connectivity index (χ2v) is 5.22. The Labute approximate surface area is 120 Å². The van der Waals surface area contributed by atoms with Gasteiger partial charge in [0.15, 0.2) is 0 Å². The molecule has 0 heterocycles.